The van der Waals surface area contributed by atoms with Gasteiger partial charge >= 0.3 is 0 Å². The van der Waals surface area contributed by atoms with E-state index in [1.807, 2.05) is 0 Å². The van der Waals surface area contributed by atoms with Crippen LogP contribution in [0.3, 0.4) is 0 Å². The number of rotatable bonds is 5. The van der Waals surface area contributed by atoms with Crippen LogP contribution in [0.1, 0.15) is 74.8 Å². The molecule has 158 valence electrons. The first-order valence-corrected chi connectivity index (χ1v) is 12.2. The summed E-state index contributed by atoms with van der Waals surface area (Å²) in [7, 11) is 0. The summed E-state index contributed by atoms with van der Waals surface area (Å²) in [5, 5.41) is 7.29. The average molecular weight is 396 g/mol. The maximum atomic E-state index is 13.1. The maximum absolute atomic E-state index is 13.1. The Morgan fingerprint density at radius 3 is 2.72 bits per heavy atom. The van der Waals surface area contributed by atoms with Gasteiger partial charge in [-0.1, -0.05) is 31.4 Å². The lowest BCUT2D eigenvalue weighted by Crippen LogP contribution is -2.40. The fraction of sp³-hybridized carbons (Fsp3) is 0.720. The van der Waals surface area contributed by atoms with Crippen LogP contribution >= 0.6 is 0 Å². The van der Waals surface area contributed by atoms with E-state index in [4.69, 9.17) is 0 Å². The van der Waals surface area contributed by atoms with Crippen molar-refractivity contribution in [1.82, 2.24) is 10.6 Å². The molecule has 2 N–H and O–H groups in total. The second kappa shape index (κ2) is 8.77. The molecule has 3 fully saturated rings. The molecule has 2 aliphatic carbocycles. The van der Waals surface area contributed by atoms with Crippen molar-refractivity contribution in [2.24, 2.45) is 11.8 Å². The number of benzene rings is 1. The van der Waals surface area contributed by atoms with Crippen LogP contribution in [0, 0.1) is 11.8 Å². The Labute approximate surface area is 175 Å². The number of nitrogens with one attached hydrogen (secondary N) is 2. The predicted molar refractivity (Wildman–Crippen MR) is 118 cm³/mol. The largest absolute Gasteiger partial charge is 0.317 e. The monoisotopic (exact) mass is 395 g/mol. The topological polar surface area (TPSA) is 44.4 Å². The molecule has 1 saturated heterocycles. The Morgan fingerprint density at radius 2 is 1.90 bits per heavy atom. The van der Waals surface area contributed by atoms with Gasteiger partial charge in [-0.3, -0.25) is 4.79 Å². The number of carbonyl (C=O) groups excluding carboxylic acids is 1. The highest BCUT2D eigenvalue weighted by Gasteiger charge is 2.39. The Hall–Kier alpha value is -1.39. The van der Waals surface area contributed by atoms with Crippen molar-refractivity contribution in [2.75, 3.05) is 31.1 Å². The Kier molecular flexibility index (Phi) is 5.92. The second-order valence-electron chi connectivity index (χ2n) is 9.87. The molecule has 1 amide bonds. The van der Waals surface area contributed by atoms with E-state index in [-0.39, 0.29) is 5.92 Å². The zero-order valence-corrected chi connectivity index (χ0v) is 17.8. The normalized spacial score (nSPS) is 28.2. The summed E-state index contributed by atoms with van der Waals surface area (Å²) in [6.45, 7) is 4.45. The number of piperidine rings is 1. The minimum Gasteiger partial charge on any atom is -0.317 e. The van der Waals surface area contributed by atoms with E-state index in [0.717, 1.165) is 38.1 Å². The third-order valence-electron chi connectivity index (χ3n) is 7.79. The van der Waals surface area contributed by atoms with Gasteiger partial charge in [-0.05, 0) is 87.7 Å². The van der Waals surface area contributed by atoms with Crippen LogP contribution in [0.25, 0.3) is 0 Å². The minimum absolute atomic E-state index is 0.265. The summed E-state index contributed by atoms with van der Waals surface area (Å²) >= 11 is 0. The number of anilines is 1. The van der Waals surface area contributed by atoms with Crippen LogP contribution in [0.15, 0.2) is 18.2 Å². The first-order chi connectivity index (χ1) is 14.3. The highest BCUT2D eigenvalue weighted by Crippen LogP contribution is 2.43. The molecule has 0 unspecified atom stereocenters. The smallest absolute Gasteiger partial charge is 0.230 e. The molecule has 0 radical (unpaired) electrons. The summed E-state index contributed by atoms with van der Waals surface area (Å²) in [5.41, 5.74) is 4.09. The van der Waals surface area contributed by atoms with Crippen molar-refractivity contribution in [2.45, 2.75) is 76.2 Å². The van der Waals surface area contributed by atoms with Crippen LogP contribution < -0.4 is 15.5 Å². The highest BCUT2D eigenvalue weighted by atomic mass is 16.2. The molecular weight excluding hydrogens is 358 g/mol. The number of hydrogen-bond acceptors (Lipinski definition) is 3. The summed E-state index contributed by atoms with van der Waals surface area (Å²) in [5.74, 6) is 2.18. The third kappa shape index (κ3) is 4.39. The van der Waals surface area contributed by atoms with Gasteiger partial charge in [0.15, 0.2) is 0 Å². The number of carbonyl (C=O) groups is 1. The molecule has 2 saturated carbocycles. The number of hydrogen-bond donors (Lipinski definition) is 2. The van der Waals surface area contributed by atoms with E-state index < -0.39 is 0 Å². The number of fused-ring (bicyclic) bond motifs is 1. The van der Waals surface area contributed by atoms with Crippen molar-refractivity contribution in [3.63, 3.8) is 0 Å². The van der Waals surface area contributed by atoms with Crippen LogP contribution in [0.5, 0.6) is 0 Å². The van der Waals surface area contributed by atoms with Crippen LogP contribution in [0.2, 0.25) is 0 Å². The zero-order valence-electron chi connectivity index (χ0n) is 17.8. The molecule has 2 atom stereocenters. The number of nitrogens with zero attached hydrogens (tertiary/aromatic N) is 1. The fourth-order valence-electron chi connectivity index (χ4n) is 5.84. The summed E-state index contributed by atoms with van der Waals surface area (Å²) < 4.78 is 0. The zero-order chi connectivity index (χ0) is 19.6. The predicted octanol–water partition coefficient (Wildman–Crippen LogP) is 3.99. The lowest BCUT2D eigenvalue weighted by Gasteiger charge is -2.34. The molecule has 2 heterocycles. The molecule has 4 aliphatic rings. The molecular formula is C25H37N3O. The number of amides is 1. The second-order valence-corrected chi connectivity index (χ2v) is 9.87. The molecule has 2 aliphatic heterocycles. The maximum Gasteiger partial charge on any atom is 0.230 e. The molecule has 4 nitrogen and oxygen atoms in total. The van der Waals surface area contributed by atoms with E-state index >= 15 is 0 Å². The van der Waals surface area contributed by atoms with Crippen LogP contribution in [-0.2, 0) is 11.2 Å². The molecule has 1 aromatic carbocycles. The summed E-state index contributed by atoms with van der Waals surface area (Å²) in [6.07, 6.45) is 12.1. The van der Waals surface area contributed by atoms with E-state index in [0.29, 0.717) is 17.9 Å². The number of aryl methyl sites for hydroxylation is 1. The van der Waals surface area contributed by atoms with Crippen LogP contribution in [0.4, 0.5) is 5.69 Å². The van der Waals surface area contributed by atoms with Crippen molar-refractivity contribution >= 4 is 11.6 Å². The first kappa shape index (κ1) is 19.6. The van der Waals surface area contributed by atoms with Crippen LogP contribution in [-0.4, -0.2) is 38.1 Å². The molecule has 0 aromatic heterocycles. The van der Waals surface area contributed by atoms with Gasteiger partial charge in [-0.25, -0.2) is 0 Å². The van der Waals surface area contributed by atoms with Gasteiger partial charge in [0.25, 0.3) is 0 Å². The van der Waals surface area contributed by atoms with E-state index in [1.165, 1.54) is 75.0 Å². The van der Waals surface area contributed by atoms with E-state index in [1.54, 1.807) is 0 Å². The van der Waals surface area contributed by atoms with Gasteiger partial charge in [-0.15, -0.1) is 0 Å². The third-order valence-corrected chi connectivity index (χ3v) is 7.79. The average Bonchev–Trinajstić information content (AvgIpc) is 3.57. The van der Waals surface area contributed by atoms with Crippen molar-refractivity contribution < 1.29 is 4.79 Å². The van der Waals surface area contributed by atoms with Gasteiger partial charge < -0.3 is 15.5 Å². The summed E-state index contributed by atoms with van der Waals surface area (Å²) in [6, 6.07) is 7.65. The van der Waals surface area contributed by atoms with Gasteiger partial charge in [0.2, 0.25) is 5.91 Å². The van der Waals surface area contributed by atoms with E-state index in [9.17, 15) is 4.79 Å². The SMILES string of the molecule is O=C(C1CCCCC1)N1CCCc2cc([C@@H]3C[C@H]3NCC3CCNCC3)ccc21. The Morgan fingerprint density at radius 1 is 1.07 bits per heavy atom. The molecule has 1 aromatic rings. The quantitative estimate of drug-likeness (QED) is 0.792. The lowest BCUT2D eigenvalue weighted by atomic mass is 9.87. The minimum atomic E-state index is 0.265. The van der Waals surface area contributed by atoms with Crippen molar-refractivity contribution in [1.29, 1.82) is 0 Å². The fourth-order valence-corrected chi connectivity index (χ4v) is 5.84. The van der Waals surface area contributed by atoms with Gasteiger partial charge in [0.1, 0.15) is 0 Å². The van der Waals surface area contributed by atoms with Gasteiger partial charge in [0, 0.05) is 30.1 Å². The first-order valence-electron chi connectivity index (χ1n) is 12.2. The lowest BCUT2D eigenvalue weighted by molar-refractivity contribution is -0.123. The molecule has 5 rings (SSSR count). The highest BCUT2D eigenvalue weighted by molar-refractivity contribution is 5.96. The molecule has 29 heavy (non-hydrogen) atoms. The molecule has 0 spiro atoms. The molecule has 0 bridgehead atoms. The van der Waals surface area contributed by atoms with Crippen molar-refractivity contribution in [3.05, 3.63) is 29.3 Å². The summed E-state index contributed by atoms with van der Waals surface area (Å²) in [4.78, 5) is 15.3. The van der Waals surface area contributed by atoms with E-state index in [2.05, 4.69) is 33.7 Å². The molecule has 4 heteroatoms. The van der Waals surface area contributed by atoms with Gasteiger partial charge in [-0.2, -0.15) is 0 Å². The standard InChI is InChI=1S/C25H37N3O/c29-25(19-5-2-1-3-6-19)28-14-4-7-21-15-20(8-9-24(21)28)22-16-23(22)27-17-18-10-12-26-13-11-18/h8-9,15,18-19,22-23,26-27H,1-7,10-14,16-17H2/t22-,23+/m0/s1. The Balaban J connectivity index is 1.21. The van der Waals surface area contributed by atoms with Gasteiger partial charge in [0.05, 0.1) is 0 Å². The Bertz CT molecular complexity index is 721. The van der Waals surface area contributed by atoms with Crippen molar-refractivity contribution in [3.8, 4) is 0 Å².